The molecular weight excluding hydrogens is 471 g/mol. The highest BCUT2D eigenvalue weighted by atomic mass is 19.1. The van der Waals surface area contributed by atoms with Crippen LogP contribution in [0.5, 0.6) is 11.5 Å². The van der Waals surface area contributed by atoms with Crippen LogP contribution in [0.2, 0.25) is 0 Å². The van der Waals surface area contributed by atoms with Crippen molar-refractivity contribution in [2.75, 3.05) is 14.2 Å². The van der Waals surface area contributed by atoms with Crippen molar-refractivity contribution in [1.82, 2.24) is 14.0 Å². The number of halogens is 1. The zero-order chi connectivity index (χ0) is 26.3. The quantitative estimate of drug-likeness (QED) is 0.402. The van der Waals surface area contributed by atoms with E-state index in [1.807, 2.05) is 49.1 Å². The van der Waals surface area contributed by atoms with Crippen LogP contribution in [0.15, 0.2) is 60.9 Å². The number of nitrogens with one attached hydrogen (secondary N) is 1. The van der Waals surface area contributed by atoms with Crippen LogP contribution in [0, 0.1) is 18.2 Å². The van der Waals surface area contributed by atoms with E-state index >= 15 is 0 Å². The van der Waals surface area contributed by atoms with E-state index in [2.05, 4.69) is 6.07 Å². The molecule has 1 amide bonds. The first-order chi connectivity index (χ1) is 17.8. The summed E-state index contributed by atoms with van der Waals surface area (Å²) in [5.74, 6) is 0.963. The van der Waals surface area contributed by atoms with E-state index in [4.69, 9.17) is 14.9 Å². The van der Waals surface area contributed by atoms with Crippen molar-refractivity contribution in [2.24, 2.45) is 7.05 Å². The summed E-state index contributed by atoms with van der Waals surface area (Å²) in [4.78, 5) is 15.5. The maximum atomic E-state index is 13.9. The third-order valence-electron chi connectivity index (χ3n) is 6.87. The maximum absolute atomic E-state index is 13.9. The molecule has 0 unspecified atom stereocenters. The van der Waals surface area contributed by atoms with Crippen LogP contribution >= 0.6 is 0 Å². The third kappa shape index (κ3) is 4.62. The fourth-order valence-corrected chi connectivity index (χ4v) is 4.94. The molecule has 1 N–H and O–H groups in total. The number of fused-ring (bicyclic) bond motifs is 1. The van der Waals surface area contributed by atoms with Crippen molar-refractivity contribution >= 4 is 5.91 Å². The van der Waals surface area contributed by atoms with Crippen LogP contribution in [-0.2, 0) is 26.7 Å². The van der Waals surface area contributed by atoms with E-state index in [9.17, 15) is 9.18 Å². The van der Waals surface area contributed by atoms with Gasteiger partial charge in [-0.1, -0.05) is 6.07 Å². The molecule has 2 heterocycles. The minimum Gasteiger partial charge on any atom is -0.497 e. The summed E-state index contributed by atoms with van der Waals surface area (Å²) in [6.45, 7) is 3.15. The van der Waals surface area contributed by atoms with Crippen molar-refractivity contribution in [3.05, 3.63) is 100 Å². The Labute approximate surface area is 214 Å². The Kier molecular flexibility index (Phi) is 6.33. The van der Waals surface area contributed by atoms with E-state index in [-0.39, 0.29) is 11.7 Å². The van der Waals surface area contributed by atoms with Gasteiger partial charge in [0.05, 0.1) is 20.8 Å². The van der Waals surface area contributed by atoms with Gasteiger partial charge in [-0.05, 0) is 76.7 Å². The van der Waals surface area contributed by atoms with Crippen LogP contribution in [-0.4, -0.2) is 34.2 Å². The van der Waals surface area contributed by atoms with Crippen LogP contribution in [0.3, 0.4) is 0 Å². The lowest BCUT2D eigenvalue weighted by molar-refractivity contribution is 0.0766. The highest BCUT2D eigenvalue weighted by molar-refractivity contribution is 6.01. The van der Waals surface area contributed by atoms with Gasteiger partial charge in [0.2, 0.25) is 5.62 Å². The summed E-state index contributed by atoms with van der Waals surface area (Å²) >= 11 is 0. The number of hydrogen-bond donors (Lipinski definition) is 1. The standard InChI is InChI=1S/C29H29FN4O3/c1-18-9-21(30)5-6-24(18)25-12-20(15-33-8-7-32(2)29(33)31)13-26-27(25)17-34(28(26)35)16-19-10-22(36-3)14-23(11-19)37-4/h5-14,31H,15-17H2,1-4H3. The molecule has 0 atom stereocenters. The molecule has 0 saturated carbocycles. The van der Waals surface area contributed by atoms with Gasteiger partial charge >= 0.3 is 0 Å². The maximum Gasteiger partial charge on any atom is 0.254 e. The van der Waals surface area contributed by atoms with Crippen LogP contribution < -0.4 is 15.1 Å². The van der Waals surface area contributed by atoms with Gasteiger partial charge in [0.1, 0.15) is 17.3 Å². The zero-order valence-electron chi connectivity index (χ0n) is 21.3. The number of benzene rings is 3. The van der Waals surface area contributed by atoms with E-state index < -0.39 is 0 Å². The molecule has 0 radical (unpaired) electrons. The lowest BCUT2D eigenvalue weighted by Crippen LogP contribution is -2.23. The summed E-state index contributed by atoms with van der Waals surface area (Å²) in [6.07, 6.45) is 3.68. The molecule has 37 heavy (non-hydrogen) atoms. The fraction of sp³-hybridized carbons (Fsp3) is 0.241. The number of methoxy groups -OCH3 is 2. The normalized spacial score (nSPS) is 12.7. The van der Waals surface area contributed by atoms with Gasteiger partial charge in [-0.15, -0.1) is 0 Å². The molecule has 4 aromatic rings. The fourth-order valence-electron chi connectivity index (χ4n) is 4.94. The molecule has 1 aliphatic rings. The number of hydrogen-bond acceptors (Lipinski definition) is 4. The Balaban J connectivity index is 1.57. The second-order valence-corrected chi connectivity index (χ2v) is 9.37. The summed E-state index contributed by atoms with van der Waals surface area (Å²) < 4.78 is 28.3. The summed E-state index contributed by atoms with van der Waals surface area (Å²) in [5.41, 5.74) is 6.32. The molecule has 7 nitrogen and oxygen atoms in total. The van der Waals surface area contributed by atoms with Gasteiger partial charge in [-0.3, -0.25) is 10.2 Å². The number of carbonyl (C=O) groups excluding carboxylic acids is 1. The van der Waals surface area contributed by atoms with E-state index in [0.29, 0.717) is 42.3 Å². The Bertz CT molecular complexity index is 1550. The van der Waals surface area contributed by atoms with Crippen molar-refractivity contribution in [2.45, 2.75) is 26.6 Å². The summed E-state index contributed by atoms with van der Waals surface area (Å²) in [7, 11) is 5.02. The number of carbonyl (C=O) groups is 1. The number of ether oxygens (including phenoxy) is 2. The second-order valence-electron chi connectivity index (χ2n) is 9.37. The zero-order valence-corrected chi connectivity index (χ0v) is 21.3. The molecule has 8 heteroatoms. The van der Waals surface area contributed by atoms with Crippen LogP contribution in [0.1, 0.15) is 32.6 Å². The Hall–Kier alpha value is -4.33. The number of aryl methyl sites for hydroxylation is 2. The van der Waals surface area contributed by atoms with Gasteiger partial charge in [0.15, 0.2) is 0 Å². The number of rotatable bonds is 7. The Morgan fingerprint density at radius 2 is 1.57 bits per heavy atom. The summed E-state index contributed by atoms with van der Waals surface area (Å²) in [6, 6.07) is 14.3. The minimum absolute atomic E-state index is 0.0659. The van der Waals surface area contributed by atoms with Gasteiger partial charge in [0.25, 0.3) is 5.91 Å². The van der Waals surface area contributed by atoms with Gasteiger partial charge in [0, 0.05) is 44.2 Å². The SMILES string of the molecule is COc1cc(CN2Cc3c(cc(Cn4ccn(C)c4=N)cc3-c3ccc(F)cc3C)C2=O)cc(OC)c1. The van der Waals surface area contributed by atoms with Gasteiger partial charge in [-0.25, -0.2) is 4.39 Å². The largest absolute Gasteiger partial charge is 0.497 e. The molecule has 190 valence electrons. The Morgan fingerprint density at radius 1 is 0.892 bits per heavy atom. The third-order valence-corrected chi connectivity index (χ3v) is 6.87. The second kappa shape index (κ2) is 9.61. The highest BCUT2D eigenvalue weighted by Gasteiger charge is 2.31. The van der Waals surface area contributed by atoms with Crippen molar-refractivity contribution in [3.63, 3.8) is 0 Å². The summed E-state index contributed by atoms with van der Waals surface area (Å²) in [5, 5.41) is 8.30. The number of aromatic nitrogens is 2. The van der Waals surface area contributed by atoms with Crippen molar-refractivity contribution in [1.29, 1.82) is 5.41 Å². The van der Waals surface area contributed by atoms with E-state index in [1.54, 1.807) is 35.8 Å². The predicted octanol–water partition coefficient (Wildman–Crippen LogP) is 4.64. The molecule has 0 bridgehead atoms. The first kappa shape index (κ1) is 24.4. The lowest BCUT2D eigenvalue weighted by Gasteiger charge is -2.17. The van der Waals surface area contributed by atoms with Crippen molar-refractivity contribution in [3.8, 4) is 22.6 Å². The highest BCUT2D eigenvalue weighted by Crippen LogP contribution is 2.37. The minimum atomic E-state index is -0.294. The van der Waals surface area contributed by atoms with Crippen LogP contribution in [0.4, 0.5) is 4.39 Å². The van der Waals surface area contributed by atoms with Crippen molar-refractivity contribution < 1.29 is 18.7 Å². The molecule has 1 aliphatic heterocycles. The average Bonchev–Trinajstić information content (AvgIpc) is 3.37. The molecule has 0 spiro atoms. The van der Waals surface area contributed by atoms with Gasteiger partial charge < -0.3 is 23.5 Å². The average molecular weight is 501 g/mol. The predicted molar refractivity (Wildman–Crippen MR) is 138 cm³/mol. The first-order valence-electron chi connectivity index (χ1n) is 12.0. The topological polar surface area (TPSA) is 72.5 Å². The number of amides is 1. The number of imidazole rings is 1. The molecule has 0 saturated heterocycles. The first-order valence-corrected chi connectivity index (χ1v) is 12.0. The molecule has 0 fully saturated rings. The molecule has 5 rings (SSSR count). The lowest BCUT2D eigenvalue weighted by atomic mass is 9.91. The number of nitrogens with zero attached hydrogens (tertiary/aromatic N) is 3. The molecule has 0 aliphatic carbocycles. The van der Waals surface area contributed by atoms with Crippen LogP contribution in [0.25, 0.3) is 11.1 Å². The Morgan fingerprint density at radius 3 is 2.19 bits per heavy atom. The smallest absolute Gasteiger partial charge is 0.254 e. The molecule has 1 aromatic heterocycles. The molecule has 3 aromatic carbocycles. The molecular formula is C29H29FN4O3. The van der Waals surface area contributed by atoms with E-state index in [1.165, 1.54) is 12.1 Å². The van der Waals surface area contributed by atoms with Gasteiger partial charge in [-0.2, -0.15) is 0 Å². The van der Waals surface area contributed by atoms with E-state index in [0.717, 1.165) is 33.4 Å². The monoisotopic (exact) mass is 500 g/mol.